The zero-order valence-electron chi connectivity index (χ0n) is 13.8. The van der Waals surface area contributed by atoms with Gasteiger partial charge in [0.2, 0.25) is 5.89 Å². The van der Waals surface area contributed by atoms with Crippen LogP contribution in [0, 0.1) is 5.92 Å². The van der Waals surface area contributed by atoms with Gasteiger partial charge in [0.15, 0.2) is 5.82 Å². The predicted molar refractivity (Wildman–Crippen MR) is 84.3 cm³/mol. The number of aromatic nitrogens is 2. The molecule has 0 saturated heterocycles. The molecule has 120 valence electrons. The molecular weight excluding hydrogens is 264 g/mol. The highest BCUT2D eigenvalue weighted by atomic mass is 16.5. The van der Waals surface area contributed by atoms with Crippen molar-refractivity contribution < 1.29 is 4.52 Å². The van der Waals surface area contributed by atoms with Crippen molar-refractivity contribution in [2.45, 2.75) is 58.4 Å². The lowest BCUT2D eigenvalue weighted by Gasteiger charge is -2.30. The van der Waals surface area contributed by atoms with Crippen molar-refractivity contribution >= 4 is 0 Å². The van der Waals surface area contributed by atoms with Crippen LogP contribution in [-0.4, -0.2) is 47.8 Å². The molecular formula is C16H30N4O. The first-order chi connectivity index (χ1) is 10.3. The molecule has 1 aliphatic rings. The quantitative estimate of drug-likeness (QED) is 0.797. The molecule has 0 spiro atoms. The molecule has 1 aromatic heterocycles. The van der Waals surface area contributed by atoms with Gasteiger partial charge in [-0.2, -0.15) is 4.98 Å². The fourth-order valence-corrected chi connectivity index (χ4v) is 3.33. The molecule has 0 amide bonds. The summed E-state index contributed by atoms with van der Waals surface area (Å²) in [4.78, 5) is 6.96. The van der Waals surface area contributed by atoms with Gasteiger partial charge in [0.25, 0.3) is 0 Å². The Bertz CT molecular complexity index is 403. The highest BCUT2D eigenvalue weighted by Gasteiger charge is 2.25. The summed E-state index contributed by atoms with van der Waals surface area (Å²) >= 11 is 0. The summed E-state index contributed by atoms with van der Waals surface area (Å²) in [5.41, 5.74) is 0. The van der Waals surface area contributed by atoms with E-state index in [-0.39, 0.29) is 0 Å². The minimum absolute atomic E-state index is 0.602. The molecule has 5 heteroatoms. The van der Waals surface area contributed by atoms with Crippen LogP contribution < -0.4 is 5.32 Å². The van der Waals surface area contributed by atoms with Crippen LogP contribution in [0.15, 0.2) is 4.52 Å². The summed E-state index contributed by atoms with van der Waals surface area (Å²) in [5, 5.41) is 7.58. The second-order valence-corrected chi connectivity index (χ2v) is 6.03. The molecule has 1 N–H and O–H groups in total. The third-order valence-corrected chi connectivity index (χ3v) is 4.77. The van der Waals surface area contributed by atoms with Crippen LogP contribution in [0.2, 0.25) is 0 Å². The van der Waals surface area contributed by atoms with E-state index in [0.29, 0.717) is 12.0 Å². The zero-order chi connectivity index (χ0) is 15.1. The molecule has 21 heavy (non-hydrogen) atoms. The van der Waals surface area contributed by atoms with Crippen molar-refractivity contribution in [1.82, 2.24) is 20.4 Å². The van der Waals surface area contributed by atoms with Gasteiger partial charge >= 0.3 is 0 Å². The predicted octanol–water partition coefficient (Wildman–Crippen LogP) is 2.27. The molecule has 0 radical (unpaired) electrons. The first-order valence-electron chi connectivity index (χ1n) is 8.47. The molecule has 5 nitrogen and oxygen atoms in total. The second kappa shape index (κ2) is 8.49. The minimum atomic E-state index is 0.602. The van der Waals surface area contributed by atoms with Crippen molar-refractivity contribution in [2.24, 2.45) is 5.92 Å². The average Bonchev–Trinajstić information content (AvgIpc) is 2.96. The fraction of sp³-hybridized carbons (Fsp3) is 0.875. The van der Waals surface area contributed by atoms with Crippen LogP contribution in [0.25, 0.3) is 0 Å². The molecule has 0 bridgehead atoms. The molecule has 2 atom stereocenters. The Kier molecular flexibility index (Phi) is 6.64. The summed E-state index contributed by atoms with van der Waals surface area (Å²) in [6, 6.07) is 0.602. The lowest BCUT2D eigenvalue weighted by atomic mass is 9.82. The maximum Gasteiger partial charge on any atom is 0.226 e. The second-order valence-electron chi connectivity index (χ2n) is 6.03. The van der Waals surface area contributed by atoms with Gasteiger partial charge in [-0.3, -0.25) is 0 Å². The van der Waals surface area contributed by atoms with Gasteiger partial charge in [-0.15, -0.1) is 0 Å². The summed E-state index contributed by atoms with van der Waals surface area (Å²) < 4.78 is 5.45. The molecule has 2 unspecified atom stereocenters. The Morgan fingerprint density at radius 1 is 1.24 bits per heavy atom. The van der Waals surface area contributed by atoms with Gasteiger partial charge in [0.05, 0.1) is 0 Å². The van der Waals surface area contributed by atoms with Crippen LogP contribution in [0.4, 0.5) is 0 Å². The summed E-state index contributed by atoms with van der Waals surface area (Å²) in [7, 11) is 2.06. The standard InChI is InChI=1S/C16H30N4O/c1-4-20(5-2)11-10-15-18-16(21-19-15)12-13-8-6-7-9-14(13)17-3/h13-14,17H,4-12H2,1-3H3. The Morgan fingerprint density at radius 3 is 2.71 bits per heavy atom. The van der Waals surface area contributed by atoms with Crippen molar-refractivity contribution in [3.05, 3.63) is 11.7 Å². The topological polar surface area (TPSA) is 54.2 Å². The molecule has 2 rings (SSSR count). The highest BCUT2D eigenvalue weighted by Crippen LogP contribution is 2.26. The largest absolute Gasteiger partial charge is 0.339 e. The molecule has 1 fully saturated rings. The SMILES string of the molecule is CCN(CC)CCc1noc(CC2CCCCC2NC)n1. The summed E-state index contributed by atoms with van der Waals surface area (Å²) in [6.07, 6.45) is 6.99. The third-order valence-electron chi connectivity index (χ3n) is 4.77. The van der Waals surface area contributed by atoms with Crippen LogP contribution in [-0.2, 0) is 12.8 Å². The van der Waals surface area contributed by atoms with Gasteiger partial charge in [-0.05, 0) is 38.9 Å². The van der Waals surface area contributed by atoms with E-state index in [2.05, 4.69) is 41.3 Å². The first kappa shape index (κ1) is 16.4. The van der Waals surface area contributed by atoms with E-state index in [0.717, 1.165) is 44.2 Å². The number of nitrogens with one attached hydrogen (secondary N) is 1. The maximum atomic E-state index is 5.45. The van der Waals surface area contributed by atoms with E-state index in [1.807, 2.05) is 0 Å². The van der Waals surface area contributed by atoms with Crippen LogP contribution in [0.5, 0.6) is 0 Å². The van der Waals surface area contributed by atoms with Crippen molar-refractivity contribution in [3.8, 4) is 0 Å². The van der Waals surface area contributed by atoms with Gasteiger partial charge in [-0.1, -0.05) is 31.8 Å². The Labute approximate surface area is 128 Å². The normalized spacial score (nSPS) is 22.9. The van der Waals surface area contributed by atoms with Gasteiger partial charge in [0.1, 0.15) is 0 Å². The first-order valence-corrected chi connectivity index (χ1v) is 8.47. The molecule has 0 aliphatic heterocycles. The summed E-state index contributed by atoms with van der Waals surface area (Å²) in [5.74, 6) is 2.31. The molecule has 1 heterocycles. The van der Waals surface area contributed by atoms with Gasteiger partial charge < -0.3 is 14.7 Å². The lowest BCUT2D eigenvalue weighted by Crippen LogP contribution is -2.37. The van der Waals surface area contributed by atoms with Crippen LogP contribution in [0.1, 0.15) is 51.2 Å². The number of hydrogen-bond donors (Lipinski definition) is 1. The Balaban J connectivity index is 1.84. The van der Waals surface area contributed by atoms with Crippen molar-refractivity contribution in [3.63, 3.8) is 0 Å². The third kappa shape index (κ3) is 4.78. The van der Waals surface area contributed by atoms with Crippen LogP contribution >= 0.6 is 0 Å². The van der Waals surface area contributed by atoms with E-state index in [4.69, 9.17) is 4.52 Å². The van der Waals surface area contributed by atoms with E-state index in [9.17, 15) is 0 Å². The molecule has 1 aromatic rings. The minimum Gasteiger partial charge on any atom is -0.339 e. The molecule has 1 saturated carbocycles. The Hall–Kier alpha value is -0.940. The molecule has 0 aromatic carbocycles. The number of rotatable bonds is 8. The van der Waals surface area contributed by atoms with Crippen LogP contribution in [0.3, 0.4) is 0 Å². The van der Waals surface area contributed by atoms with Crippen molar-refractivity contribution in [2.75, 3.05) is 26.7 Å². The Morgan fingerprint density at radius 2 is 2.00 bits per heavy atom. The number of likely N-dealkylation sites (N-methyl/N-ethyl adjacent to an activating group) is 1. The van der Waals surface area contributed by atoms with E-state index >= 15 is 0 Å². The van der Waals surface area contributed by atoms with E-state index in [1.165, 1.54) is 25.7 Å². The lowest BCUT2D eigenvalue weighted by molar-refractivity contribution is 0.248. The van der Waals surface area contributed by atoms with Crippen molar-refractivity contribution in [1.29, 1.82) is 0 Å². The molecule has 1 aliphatic carbocycles. The monoisotopic (exact) mass is 294 g/mol. The van der Waals surface area contributed by atoms with E-state index < -0.39 is 0 Å². The zero-order valence-corrected chi connectivity index (χ0v) is 13.8. The van der Waals surface area contributed by atoms with E-state index in [1.54, 1.807) is 0 Å². The summed E-state index contributed by atoms with van der Waals surface area (Å²) in [6.45, 7) is 7.53. The average molecular weight is 294 g/mol. The van der Waals surface area contributed by atoms with Gasteiger partial charge in [0, 0.05) is 25.4 Å². The number of nitrogens with zero attached hydrogens (tertiary/aromatic N) is 3. The highest BCUT2D eigenvalue weighted by molar-refractivity contribution is 4.92. The maximum absolute atomic E-state index is 5.45. The smallest absolute Gasteiger partial charge is 0.226 e. The fourth-order valence-electron chi connectivity index (χ4n) is 3.33. The number of hydrogen-bond acceptors (Lipinski definition) is 5. The van der Waals surface area contributed by atoms with Gasteiger partial charge in [-0.25, -0.2) is 0 Å².